The number of carbonyl (C=O) groups is 1. The van der Waals surface area contributed by atoms with Gasteiger partial charge in [-0.2, -0.15) is 0 Å². The monoisotopic (exact) mass is 627 g/mol. The Hall–Kier alpha value is -3.79. The van der Waals surface area contributed by atoms with Gasteiger partial charge in [0.25, 0.3) is 0 Å². The molecule has 1 aliphatic heterocycles. The molecule has 0 radical (unpaired) electrons. The average molecular weight is 628 g/mol. The smallest absolute Gasteiger partial charge is 0.341 e. The van der Waals surface area contributed by atoms with Crippen molar-refractivity contribution in [2.45, 2.75) is 58.1 Å². The molecular weight excluding hydrogens is 578 g/mol. The van der Waals surface area contributed by atoms with E-state index >= 15 is 0 Å². The maximum absolute atomic E-state index is 13.5. The van der Waals surface area contributed by atoms with Crippen LogP contribution in [0.1, 0.15) is 57.1 Å². The molecule has 2 aliphatic carbocycles. The summed E-state index contributed by atoms with van der Waals surface area (Å²) in [4.78, 5) is 24.5. The quantitative estimate of drug-likeness (QED) is 0.121. The summed E-state index contributed by atoms with van der Waals surface area (Å²) in [7, 11) is 4.00. The van der Waals surface area contributed by atoms with Crippen LogP contribution in [-0.2, 0) is 9.53 Å². The van der Waals surface area contributed by atoms with Gasteiger partial charge in [-0.25, -0.2) is 9.78 Å². The van der Waals surface area contributed by atoms with Crippen LogP contribution < -0.4 is 11.1 Å². The van der Waals surface area contributed by atoms with Crippen LogP contribution in [0.5, 0.6) is 0 Å². The number of benzene rings is 1. The largest absolute Gasteiger partial charge is 0.423 e. The Kier molecular flexibility index (Phi) is 10.2. The first-order valence-corrected chi connectivity index (χ1v) is 16.3. The minimum atomic E-state index is -0.588. The fourth-order valence-electron chi connectivity index (χ4n) is 7.86. The van der Waals surface area contributed by atoms with Gasteiger partial charge in [-0.05, 0) is 93.3 Å². The molecule has 2 saturated carbocycles. The number of ether oxygens (including phenoxy) is 1. The van der Waals surface area contributed by atoms with Crippen molar-refractivity contribution < 1.29 is 19.7 Å². The van der Waals surface area contributed by atoms with Gasteiger partial charge in [-0.15, -0.1) is 0 Å². The molecule has 9 heteroatoms. The number of rotatable bonds is 11. The molecule has 1 aromatic carbocycles. The van der Waals surface area contributed by atoms with Crippen molar-refractivity contribution in [1.29, 1.82) is 0 Å². The Morgan fingerprint density at radius 2 is 2.00 bits per heavy atom. The zero-order chi connectivity index (χ0) is 33.1. The molecule has 0 bridgehead atoms. The van der Waals surface area contributed by atoms with E-state index in [0.29, 0.717) is 42.4 Å². The third-order valence-electron chi connectivity index (χ3n) is 10.6. The van der Waals surface area contributed by atoms with Crippen molar-refractivity contribution in [3.05, 3.63) is 89.3 Å². The number of nitrogens with one attached hydrogen (secondary N) is 1. The molecule has 2 aromatic rings. The van der Waals surface area contributed by atoms with E-state index in [1.54, 1.807) is 6.20 Å². The molecule has 2 fully saturated rings. The summed E-state index contributed by atoms with van der Waals surface area (Å²) >= 11 is 0. The van der Waals surface area contributed by atoms with E-state index in [2.05, 4.69) is 33.7 Å². The molecule has 5 N–H and O–H groups in total. The third kappa shape index (κ3) is 6.97. The summed E-state index contributed by atoms with van der Waals surface area (Å²) in [6.07, 6.45) is 8.59. The molecule has 2 heterocycles. The Labute approximate surface area is 273 Å². The third-order valence-corrected chi connectivity index (χ3v) is 10.6. The van der Waals surface area contributed by atoms with E-state index in [0.717, 1.165) is 42.5 Å². The van der Waals surface area contributed by atoms with Crippen LogP contribution in [0.3, 0.4) is 0 Å². The number of likely N-dealkylation sites (N-methyl/N-ethyl adjacent to an activating group) is 1. The second-order valence-corrected chi connectivity index (χ2v) is 13.9. The SMILES string of the molecule is C=C1CCC2[C@](C)(CC[C@@H](O)[C@@]2(C)CO)C1CC(Nc1ccccn1)C1=CC(=Cc2ccc(C(N)=NCCN(C)C)cc2)OC1=O. The van der Waals surface area contributed by atoms with Crippen molar-refractivity contribution in [2.75, 3.05) is 39.1 Å². The average Bonchev–Trinajstić information content (AvgIpc) is 3.40. The van der Waals surface area contributed by atoms with Crippen LogP contribution in [0.4, 0.5) is 5.82 Å². The number of esters is 1. The van der Waals surface area contributed by atoms with Gasteiger partial charge in [-0.3, -0.25) is 4.99 Å². The molecule has 1 aromatic heterocycles. The highest BCUT2D eigenvalue weighted by atomic mass is 16.5. The lowest BCUT2D eigenvalue weighted by Gasteiger charge is -2.60. The van der Waals surface area contributed by atoms with Crippen molar-refractivity contribution in [2.24, 2.45) is 33.4 Å². The maximum atomic E-state index is 13.5. The highest BCUT2D eigenvalue weighted by molar-refractivity contribution is 5.98. The van der Waals surface area contributed by atoms with Crippen molar-refractivity contribution in [1.82, 2.24) is 9.88 Å². The van der Waals surface area contributed by atoms with Crippen LogP contribution in [0.15, 0.2) is 83.2 Å². The van der Waals surface area contributed by atoms with Crippen LogP contribution in [0.25, 0.3) is 6.08 Å². The fourth-order valence-corrected chi connectivity index (χ4v) is 7.86. The van der Waals surface area contributed by atoms with Crippen molar-refractivity contribution in [3.63, 3.8) is 0 Å². The van der Waals surface area contributed by atoms with Gasteiger partial charge in [0.05, 0.1) is 30.9 Å². The molecule has 6 atom stereocenters. The number of aliphatic hydroxyl groups excluding tert-OH is 2. The Morgan fingerprint density at radius 1 is 1.24 bits per heavy atom. The second-order valence-electron chi connectivity index (χ2n) is 13.9. The maximum Gasteiger partial charge on any atom is 0.341 e. The Morgan fingerprint density at radius 3 is 2.67 bits per heavy atom. The fraction of sp³-hybridized carbons (Fsp3) is 0.486. The molecule has 9 nitrogen and oxygen atoms in total. The summed E-state index contributed by atoms with van der Waals surface area (Å²) in [5, 5.41) is 25.0. The number of carbonyl (C=O) groups excluding carboxylic acids is 1. The number of anilines is 1. The molecule has 3 aliphatic rings. The van der Waals surface area contributed by atoms with E-state index in [4.69, 9.17) is 10.5 Å². The van der Waals surface area contributed by atoms with Gasteiger partial charge in [-0.1, -0.05) is 56.3 Å². The first-order valence-electron chi connectivity index (χ1n) is 16.3. The molecule has 0 spiro atoms. The number of amidine groups is 1. The molecule has 0 saturated heterocycles. The van der Waals surface area contributed by atoms with E-state index in [1.165, 1.54) is 0 Å². The van der Waals surface area contributed by atoms with Gasteiger partial charge in [0.15, 0.2) is 0 Å². The summed E-state index contributed by atoms with van der Waals surface area (Å²) in [6.45, 7) is 10.2. The molecule has 3 unspecified atom stereocenters. The van der Waals surface area contributed by atoms with Crippen molar-refractivity contribution >= 4 is 23.7 Å². The van der Waals surface area contributed by atoms with Gasteiger partial charge >= 0.3 is 5.97 Å². The number of pyridine rings is 1. The zero-order valence-electron chi connectivity index (χ0n) is 27.6. The number of hydrogen-bond acceptors (Lipinski definition) is 8. The summed E-state index contributed by atoms with van der Waals surface area (Å²) < 4.78 is 5.79. The van der Waals surface area contributed by atoms with E-state index in [9.17, 15) is 15.0 Å². The number of aliphatic imine (C=N–C) groups is 1. The van der Waals surface area contributed by atoms with Crippen LogP contribution in [-0.4, -0.2) is 77.8 Å². The lowest BCUT2D eigenvalue weighted by atomic mass is 9.46. The number of hydrogen-bond donors (Lipinski definition) is 4. The predicted octanol–water partition coefficient (Wildman–Crippen LogP) is 4.79. The molecule has 246 valence electrons. The molecule has 46 heavy (non-hydrogen) atoms. The number of fused-ring (bicyclic) bond motifs is 1. The number of aliphatic hydroxyl groups is 2. The van der Waals surface area contributed by atoms with Gasteiger partial charge in [0.1, 0.15) is 17.4 Å². The number of allylic oxidation sites excluding steroid dienone is 2. The van der Waals surface area contributed by atoms with Crippen molar-refractivity contribution in [3.8, 4) is 0 Å². The van der Waals surface area contributed by atoms with Gasteiger partial charge < -0.3 is 30.9 Å². The molecule has 0 amide bonds. The normalized spacial score (nSPS) is 29.8. The lowest BCUT2D eigenvalue weighted by molar-refractivity contribution is -0.152. The number of aromatic nitrogens is 1. The van der Waals surface area contributed by atoms with Crippen LogP contribution >= 0.6 is 0 Å². The Balaban J connectivity index is 1.42. The topological polar surface area (TPSA) is 133 Å². The van der Waals surface area contributed by atoms with E-state index in [-0.39, 0.29) is 23.9 Å². The highest BCUT2D eigenvalue weighted by Crippen LogP contribution is 2.62. The van der Waals surface area contributed by atoms with E-state index in [1.807, 2.05) is 75.6 Å². The zero-order valence-corrected chi connectivity index (χ0v) is 27.6. The highest BCUT2D eigenvalue weighted by Gasteiger charge is 2.58. The molecule has 5 rings (SSSR count). The number of cyclic esters (lactones) is 1. The lowest BCUT2D eigenvalue weighted by Crippen LogP contribution is -2.58. The Bertz CT molecular complexity index is 1500. The van der Waals surface area contributed by atoms with Gasteiger partial charge in [0, 0.05) is 23.7 Å². The standard InChI is InChI=1S/C37H49N5O4/c1-24-9-14-31-36(2,16-15-32(44)37(31,3)23-43)29(24)22-30(41-33-8-6-7-17-39-33)28-21-27(46-35(28)45)20-25-10-12-26(13-11-25)34(38)40-18-19-42(4)5/h6-8,10-13,17,20-21,29-32,43-44H,1,9,14-16,18-19,22-23H2,2-5H3,(H2,38,40)(H,39,41)/t29?,30?,31?,32-,36-,37+/m1/s1. The van der Waals surface area contributed by atoms with Gasteiger partial charge in [0.2, 0.25) is 0 Å². The molecular formula is C37H49N5O4. The van der Waals surface area contributed by atoms with Crippen LogP contribution in [0, 0.1) is 22.7 Å². The number of nitrogens with two attached hydrogens (primary N) is 1. The summed E-state index contributed by atoms with van der Waals surface area (Å²) in [5.41, 5.74) is 8.80. The number of nitrogens with zero attached hydrogens (tertiary/aromatic N) is 3. The van der Waals surface area contributed by atoms with E-state index < -0.39 is 23.5 Å². The van der Waals surface area contributed by atoms with Crippen LogP contribution in [0.2, 0.25) is 0 Å². The predicted molar refractivity (Wildman–Crippen MR) is 183 cm³/mol. The minimum absolute atomic E-state index is 0.0601. The second kappa shape index (κ2) is 13.9. The minimum Gasteiger partial charge on any atom is -0.423 e. The summed E-state index contributed by atoms with van der Waals surface area (Å²) in [6, 6.07) is 13.0. The first kappa shape index (κ1) is 33.6. The first-order chi connectivity index (χ1) is 21.9. The summed E-state index contributed by atoms with van der Waals surface area (Å²) in [5.74, 6) is 1.41.